The lowest BCUT2D eigenvalue weighted by molar-refractivity contribution is 0.398. The molecule has 1 aromatic rings. The molecule has 5 heteroatoms. The third-order valence-electron chi connectivity index (χ3n) is 2.85. The van der Waals surface area contributed by atoms with E-state index < -0.39 is 0 Å². The molecule has 0 amide bonds. The third-order valence-corrected chi connectivity index (χ3v) is 4.80. The van der Waals surface area contributed by atoms with Gasteiger partial charge in [-0.15, -0.1) is 11.3 Å². The standard InChI is InChI=1S/C11H17BrN2OS/c1-14-4-3-8(7-14)13-6-9-5-10(12)11(15-2)16-9/h5,8,13H,3-4,6-7H2,1-2H3. The van der Waals surface area contributed by atoms with Gasteiger partial charge in [0, 0.05) is 24.0 Å². The summed E-state index contributed by atoms with van der Waals surface area (Å²) < 4.78 is 6.31. The molecule has 90 valence electrons. The van der Waals surface area contributed by atoms with Crippen molar-refractivity contribution < 1.29 is 4.74 Å². The number of hydrogen-bond donors (Lipinski definition) is 1. The molecule has 1 fully saturated rings. The van der Waals surface area contributed by atoms with Crippen LogP contribution in [-0.4, -0.2) is 38.2 Å². The Morgan fingerprint density at radius 2 is 2.50 bits per heavy atom. The highest BCUT2D eigenvalue weighted by Crippen LogP contribution is 2.34. The number of hydrogen-bond acceptors (Lipinski definition) is 4. The quantitative estimate of drug-likeness (QED) is 0.924. The van der Waals surface area contributed by atoms with Crippen molar-refractivity contribution in [3.8, 4) is 5.06 Å². The van der Waals surface area contributed by atoms with Crippen LogP contribution in [0.1, 0.15) is 11.3 Å². The molecule has 1 aliphatic rings. The third kappa shape index (κ3) is 2.97. The van der Waals surface area contributed by atoms with E-state index in [2.05, 4.69) is 39.3 Å². The van der Waals surface area contributed by atoms with Gasteiger partial charge in [-0.25, -0.2) is 0 Å². The van der Waals surface area contributed by atoms with E-state index in [1.54, 1.807) is 18.4 Å². The summed E-state index contributed by atoms with van der Waals surface area (Å²) in [6, 6.07) is 2.77. The minimum Gasteiger partial charge on any atom is -0.486 e. The SMILES string of the molecule is COc1sc(CNC2CCN(C)C2)cc1Br. The predicted octanol–water partition coefficient (Wildman–Crippen LogP) is 2.31. The van der Waals surface area contributed by atoms with Gasteiger partial charge in [0.25, 0.3) is 0 Å². The maximum absolute atomic E-state index is 5.25. The van der Waals surface area contributed by atoms with E-state index in [0.29, 0.717) is 6.04 Å². The maximum Gasteiger partial charge on any atom is 0.188 e. The van der Waals surface area contributed by atoms with E-state index in [0.717, 1.165) is 22.6 Å². The lowest BCUT2D eigenvalue weighted by Gasteiger charge is -2.11. The average Bonchev–Trinajstić information content (AvgIpc) is 2.82. The van der Waals surface area contributed by atoms with Gasteiger partial charge in [-0.1, -0.05) is 0 Å². The molecule has 1 atom stereocenters. The minimum atomic E-state index is 0.636. The van der Waals surface area contributed by atoms with Crippen molar-refractivity contribution in [1.29, 1.82) is 0 Å². The van der Waals surface area contributed by atoms with Gasteiger partial charge >= 0.3 is 0 Å². The van der Waals surface area contributed by atoms with Crippen molar-refractivity contribution in [2.75, 3.05) is 27.2 Å². The van der Waals surface area contributed by atoms with Crippen LogP contribution < -0.4 is 10.1 Å². The Bertz CT molecular complexity index is 356. The van der Waals surface area contributed by atoms with E-state index in [1.807, 2.05) is 0 Å². The molecule has 2 heterocycles. The van der Waals surface area contributed by atoms with Gasteiger partial charge in [0.15, 0.2) is 5.06 Å². The van der Waals surface area contributed by atoms with Crippen LogP contribution in [0.2, 0.25) is 0 Å². The van der Waals surface area contributed by atoms with Gasteiger partial charge in [0.1, 0.15) is 0 Å². The molecule has 3 nitrogen and oxygen atoms in total. The second-order valence-corrected chi connectivity index (χ2v) is 6.13. The molecular weight excluding hydrogens is 288 g/mol. The van der Waals surface area contributed by atoms with Gasteiger partial charge in [-0.2, -0.15) is 0 Å². The smallest absolute Gasteiger partial charge is 0.188 e. The largest absolute Gasteiger partial charge is 0.486 e. The molecule has 1 aromatic heterocycles. The first-order valence-corrected chi connectivity index (χ1v) is 7.04. The van der Waals surface area contributed by atoms with Crippen molar-refractivity contribution >= 4 is 27.3 Å². The maximum atomic E-state index is 5.25. The van der Waals surface area contributed by atoms with E-state index in [4.69, 9.17) is 4.74 Å². The number of likely N-dealkylation sites (tertiary alicyclic amines) is 1. The zero-order valence-corrected chi connectivity index (χ0v) is 12.0. The summed E-state index contributed by atoms with van der Waals surface area (Å²) in [4.78, 5) is 3.68. The molecule has 0 aromatic carbocycles. The number of thiophene rings is 1. The Balaban J connectivity index is 1.85. The van der Waals surface area contributed by atoms with Crippen LogP contribution in [0.25, 0.3) is 0 Å². The average molecular weight is 305 g/mol. The first kappa shape index (κ1) is 12.4. The van der Waals surface area contributed by atoms with Crippen molar-refractivity contribution in [2.24, 2.45) is 0 Å². The molecule has 0 saturated carbocycles. The molecule has 0 radical (unpaired) electrons. The Kier molecular flexibility index (Phi) is 4.24. The Hall–Kier alpha value is -0.100. The van der Waals surface area contributed by atoms with Crippen LogP contribution in [-0.2, 0) is 6.54 Å². The molecule has 16 heavy (non-hydrogen) atoms. The molecule has 0 aliphatic carbocycles. The van der Waals surface area contributed by atoms with Gasteiger partial charge in [0.05, 0.1) is 11.6 Å². The number of nitrogens with one attached hydrogen (secondary N) is 1. The van der Waals surface area contributed by atoms with Crippen molar-refractivity contribution in [3.63, 3.8) is 0 Å². The minimum absolute atomic E-state index is 0.636. The normalized spacial score (nSPS) is 21.6. The molecular formula is C11H17BrN2OS. The lowest BCUT2D eigenvalue weighted by Crippen LogP contribution is -2.30. The number of nitrogens with zero attached hydrogens (tertiary/aromatic N) is 1. The van der Waals surface area contributed by atoms with Gasteiger partial charge in [-0.05, 0) is 42.0 Å². The van der Waals surface area contributed by atoms with Gasteiger partial charge in [-0.3, -0.25) is 0 Å². The summed E-state index contributed by atoms with van der Waals surface area (Å²) in [7, 11) is 3.88. The van der Waals surface area contributed by atoms with E-state index >= 15 is 0 Å². The number of ether oxygens (including phenoxy) is 1. The van der Waals surface area contributed by atoms with Crippen molar-refractivity contribution in [3.05, 3.63) is 15.4 Å². The van der Waals surface area contributed by atoms with Crippen molar-refractivity contribution in [1.82, 2.24) is 10.2 Å². The summed E-state index contributed by atoms with van der Waals surface area (Å²) in [5.74, 6) is 0. The molecule has 1 N–H and O–H groups in total. The van der Waals surface area contributed by atoms with Crippen LogP contribution in [0.15, 0.2) is 10.5 Å². The van der Waals surface area contributed by atoms with Gasteiger partial charge < -0.3 is 15.0 Å². The summed E-state index contributed by atoms with van der Waals surface area (Å²) in [5, 5.41) is 4.54. The molecule has 0 spiro atoms. The van der Waals surface area contributed by atoms with Crippen LogP contribution in [0.4, 0.5) is 0 Å². The summed E-state index contributed by atoms with van der Waals surface area (Å²) in [5.41, 5.74) is 0. The first-order valence-electron chi connectivity index (χ1n) is 5.43. The van der Waals surface area contributed by atoms with Crippen LogP contribution >= 0.6 is 27.3 Å². The fourth-order valence-corrected chi connectivity index (χ4v) is 3.61. The lowest BCUT2D eigenvalue weighted by atomic mass is 10.2. The first-order chi connectivity index (χ1) is 7.69. The highest BCUT2D eigenvalue weighted by Gasteiger charge is 2.18. The second kappa shape index (κ2) is 5.49. The second-order valence-electron chi connectivity index (χ2n) is 4.18. The fraction of sp³-hybridized carbons (Fsp3) is 0.636. The molecule has 1 aliphatic heterocycles. The zero-order chi connectivity index (χ0) is 11.5. The van der Waals surface area contributed by atoms with E-state index in [-0.39, 0.29) is 0 Å². The van der Waals surface area contributed by atoms with Crippen molar-refractivity contribution in [2.45, 2.75) is 19.0 Å². The highest BCUT2D eigenvalue weighted by molar-refractivity contribution is 9.10. The fourth-order valence-electron chi connectivity index (χ4n) is 1.97. The number of methoxy groups -OCH3 is 1. The van der Waals surface area contributed by atoms with Crippen LogP contribution in [0.5, 0.6) is 5.06 Å². The highest BCUT2D eigenvalue weighted by atomic mass is 79.9. The summed E-state index contributed by atoms with van der Waals surface area (Å²) in [6.07, 6.45) is 1.25. The Labute approximate surface area is 109 Å². The van der Waals surface area contributed by atoms with Gasteiger partial charge in [0.2, 0.25) is 0 Å². The molecule has 1 unspecified atom stereocenters. The van der Waals surface area contributed by atoms with Crippen LogP contribution in [0, 0.1) is 0 Å². The Morgan fingerprint density at radius 1 is 1.69 bits per heavy atom. The number of rotatable bonds is 4. The summed E-state index contributed by atoms with van der Waals surface area (Å²) >= 11 is 5.19. The summed E-state index contributed by atoms with van der Waals surface area (Å²) in [6.45, 7) is 3.30. The van der Waals surface area contributed by atoms with E-state index in [1.165, 1.54) is 17.8 Å². The number of halogens is 1. The monoisotopic (exact) mass is 304 g/mol. The predicted molar refractivity (Wildman–Crippen MR) is 71.3 cm³/mol. The van der Waals surface area contributed by atoms with Crippen LogP contribution in [0.3, 0.4) is 0 Å². The number of likely N-dealkylation sites (N-methyl/N-ethyl adjacent to an activating group) is 1. The molecule has 0 bridgehead atoms. The van der Waals surface area contributed by atoms with E-state index in [9.17, 15) is 0 Å². The molecule has 2 rings (SSSR count). The topological polar surface area (TPSA) is 24.5 Å². The molecule has 1 saturated heterocycles. The zero-order valence-electron chi connectivity index (χ0n) is 9.62. The Morgan fingerprint density at radius 3 is 3.06 bits per heavy atom.